The first-order valence-electron chi connectivity index (χ1n) is 19.0. The number of aromatic nitrogens is 2. The lowest BCUT2D eigenvalue weighted by Gasteiger charge is -2.49. The monoisotopic (exact) mass is 810 g/mol. The Balaban J connectivity index is 1.11. The lowest BCUT2D eigenvalue weighted by Crippen LogP contribution is -2.49. The van der Waals surface area contributed by atoms with Crippen LogP contribution in [-0.4, -0.2) is 49.6 Å². The summed E-state index contributed by atoms with van der Waals surface area (Å²) in [5.41, 5.74) is 1.45. The number of anilines is 2. The molecule has 0 unspecified atom stereocenters. The molecule has 290 valence electrons. The van der Waals surface area contributed by atoms with E-state index in [0.29, 0.717) is 27.5 Å². The molecule has 6 atom stereocenters. The molecule has 3 fully saturated rings. The zero-order valence-corrected chi connectivity index (χ0v) is 33.0. The van der Waals surface area contributed by atoms with E-state index in [1.807, 2.05) is 55.5 Å². The highest BCUT2D eigenvalue weighted by atomic mass is 35.5. The van der Waals surface area contributed by atoms with Crippen molar-refractivity contribution in [2.24, 2.45) is 36.1 Å². The number of carboxylic acids is 1. The van der Waals surface area contributed by atoms with Crippen LogP contribution in [0.25, 0.3) is 31.4 Å². The minimum absolute atomic E-state index is 0.0189. The molecule has 4 heterocycles. The Kier molecular flexibility index (Phi) is 7.93. The first-order chi connectivity index (χ1) is 27.8. The zero-order chi connectivity index (χ0) is 40.5. The average molecular weight is 811 g/mol. The number of hydrogen-bond donors (Lipinski definition) is 2. The molecule has 58 heavy (non-hydrogen) atoms. The number of phenols is 1. The van der Waals surface area contributed by atoms with Gasteiger partial charge >= 0.3 is 5.97 Å². The summed E-state index contributed by atoms with van der Waals surface area (Å²) in [4.78, 5) is 74.0. The summed E-state index contributed by atoms with van der Waals surface area (Å²) in [5, 5.41) is 29.5. The van der Waals surface area contributed by atoms with Crippen molar-refractivity contribution in [3.8, 4) is 16.3 Å². The molecule has 4 amide bonds. The second-order valence-electron chi connectivity index (χ2n) is 16.0. The molecular formula is C45H35ClN4O7S. The molecule has 2 aromatic heterocycles. The molecule has 2 saturated heterocycles. The van der Waals surface area contributed by atoms with Gasteiger partial charge in [0.25, 0.3) is 0 Å². The summed E-state index contributed by atoms with van der Waals surface area (Å²) in [6, 6.07) is 24.2. The number of phenolic OH excluding ortho intramolecular Hbond substituents is 1. The second kappa shape index (κ2) is 12.7. The highest BCUT2D eigenvalue weighted by Gasteiger charge is 2.68. The van der Waals surface area contributed by atoms with E-state index in [-0.39, 0.29) is 29.8 Å². The van der Waals surface area contributed by atoms with Gasteiger partial charge in [0, 0.05) is 39.7 Å². The number of allylic oxidation sites excluding steroid dienone is 2. The molecule has 0 radical (unpaired) electrons. The minimum atomic E-state index is -1.40. The Hall–Kier alpha value is -6.11. The second-order valence-corrected chi connectivity index (χ2v) is 17.4. The van der Waals surface area contributed by atoms with Crippen molar-refractivity contribution < 1.29 is 34.2 Å². The number of aromatic hydroxyl groups is 1. The first kappa shape index (κ1) is 36.2. The highest BCUT2D eigenvalue weighted by Crippen LogP contribution is 2.65. The molecule has 13 heteroatoms. The number of fused-ring (bicyclic) bond motifs is 6. The van der Waals surface area contributed by atoms with E-state index in [4.69, 9.17) is 16.7 Å². The van der Waals surface area contributed by atoms with E-state index in [9.17, 15) is 24.6 Å². The van der Waals surface area contributed by atoms with Crippen LogP contribution in [0.4, 0.5) is 11.5 Å². The number of imide groups is 2. The topological polar surface area (TPSA) is 150 Å². The van der Waals surface area contributed by atoms with E-state index in [0.717, 1.165) is 36.4 Å². The summed E-state index contributed by atoms with van der Waals surface area (Å²) in [7, 11) is 1.69. The summed E-state index contributed by atoms with van der Waals surface area (Å²) < 4.78 is 2.56. The van der Waals surface area contributed by atoms with Gasteiger partial charge in [-0.25, -0.2) is 9.69 Å². The number of rotatable bonds is 5. The quantitative estimate of drug-likeness (QED) is 0.131. The van der Waals surface area contributed by atoms with Crippen molar-refractivity contribution >= 4 is 84.9 Å². The maximum absolute atomic E-state index is 15.3. The van der Waals surface area contributed by atoms with Crippen molar-refractivity contribution in [1.29, 1.82) is 0 Å². The fourth-order valence-corrected chi connectivity index (χ4v) is 11.6. The van der Waals surface area contributed by atoms with E-state index in [1.54, 1.807) is 43.5 Å². The van der Waals surface area contributed by atoms with Gasteiger partial charge in [-0.2, -0.15) is 5.10 Å². The molecule has 0 spiro atoms. The lowest BCUT2D eigenvalue weighted by molar-refractivity contribution is -0.131. The Morgan fingerprint density at radius 1 is 0.897 bits per heavy atom. The van der Waals surface area contributed by atoms with Gasteiger partial charge in [-0.05, 0) is 85.3 Å². The molecule has 2 aliphatic heterocycles. The number of nitrogens with zero attached hydrogens (tertiary/aromatic N) is 4. The van der Waals surface area contributed by atoms with Crippen LogP contribution in [0.5, 0.6) is 5.75 Å². The molecule has 11 nitrogen and oxygen atoms in total. The number of hydrogen-bond acceptors (Lipinski definition) is 8. The van der Waals surface area contributed by atoms with Crippen LogP contribution >= 0.6 is 22.9 Å². The molecular weight excluding hydrogens is 776 g/mol. The number of benzene rings is 4. The van der Waals surface area contributed by atoms with Crippen LogP contribution in [0.1, 0.15) is 47.2 Å². The van der Waals surface area contributed by atoms with Crippen molar-refractivity contribution in [2.75, 3.05) is 9.80 Å². The molecule has 1 saturated carbocycles. The normalized spacial score (nSPS) is 25.4. The third-order valence-corrected chi connectivity index (χ3v) is 14.6. The van der Waals surface area contributed by atoms with Gasteiger partial charge in [-0.1, -0.05) is 65.7 Å². The van der Waals surface area contributed by atoms with E-state index < -0.39 is 64.6 Å². The molecule has 6 aromatic rings. The summed E-state index contributed by atoms with van der Waals surface area (Å²) >= 11 is 7.87. The smallest absolute Gasteiger partial charge is 0.335 e. The predicted molar refractivity (Wildman–Crippen MR) is 220 cm³/mol. The van der Waals surface area contributed by atoms with Crippen LogP contribution < -0.4 is 9.80 Å². The molecule has 4 aliphatic rings. The van der Waals surface area contributed by atoms with Crippen LogP contribution in [-0.2, 0) is 26.2 Å². The van der Waals surface area contributed by atoms with Gasteiger partial charge in [0.1, 0.15) is 17.3 Å². The minimum Gasteiger partial charge on any atom is -0.507 e. The largest absolute Gasteiger partial charge is 0.507 e. The summed E-state index contributed by atoms with van der Waals surface area (Å²) in [6.07, 6.45) is 2.23. The number of thiophene rings is 1. The van der Waals surface area contributed by atoms with Gasteiger partial charge in [0.15, 0.2) is 0 Å². The van der Waals surface area contributed by atoms with Gasteiger partial charge in [-0.15, -0.1) is 11.3 Å². The van der Waals surface area contributed by atoms with Gasteiger partial charge in [0.2, 0.25) is 23.6 Å². The van der Waals surface area contributed by atoms with Crippen LogP contribution in [0.3, 0.4) is 0 Å². The Labute approximate surface area is 340 Å². The Morgan fingerprint density at radius 3 is 2.48 bits per heavy atom. The van der Waals surface area contributed by atoms with Crippen molar-refractivity contribution in [3.63, 3.8) is 0 Å². The van der Waals surface area contributed by atoms with Gasteiger partial charge in [-0.3, -0.25) is 28.8 Å². The number of aryl methyl sites for hydroxylation is 2. The fourth-order valence-electron chi connectivity index (χ4n) is 10.3. The number of aromatic carboxylic acids is 1. The van der Waals surface area contributed by atoms with Crippen molar-refractivity contribution in [2.45, 2.75) is 32.6 Å². The van der Waals surface area contributed by atoms with Crippen LogP contribution in [0.15, 0.2) is 96.6 Å². The predicted octanol–water partition coefficient (Wildman–Crippen LogP) is 8.26. The third kappa shape index (κ3) is 4.91. The first-order valence-corrected chi connectivity index (χ1v) is 20.2. The summed E-state index contributed by atoms with van der Waals surface area (Å²) in [5.74, 6) is -6.77. The van der Waals surface area contributed by atoms with Gasteiger partial charge < -0.3 is 10.2 Å². The molecule has 10 rings (SSSR count). The fraction of sp³-hybridized carbons (Fsp3) is 0.244. The SMILES string of the molecule is Cc1c(-c2cc(N3C(=O)[C@@H]4C[C@@H]5C(=CC[C@@H]6C(=O)N(c7cccc(C(=O)O)c7)C(=O)[C@@H]65)[C@H](c5ccc6ccccc6c5O)[C@]4(C)C3=O)n(C)n2)sc2ccc(Cl)cc12. The number of carbonyl (C=O) groups is 5. The third-order valence-electron chi connectivity index (χ3n) is 13.1. The Bertz CT molecular complexity index is 2900. The molecule has 4 aromatic carbocycles. The number of halogens is 1. The maximum atomic E-state index is 15.3. The van der Waals surface area contributed by atoms with Crippen LogP contribution in [0.2, 0.25) is 5.02 Å². The number of carbonyl (C=O) groups excluding carboxylic acids is 4. The van der Waals surface area contributed by atoms with E-state index >= 15 is 9.59 Å². The average Bonchev–Trinajstić information content (AvgIpc) is 3.88. The van der Waals surface area contributed by atoms with Crippen molar-refractivity contribution in [1.82, 2.24) is 9.78 Å². The standard InChI is InChI=1S/C45H35ClN4O7S/c1-21-30-18-24(46)12-16-34(30)58-39(21)33-20-35(48(3)47-33)50-41(53)32-19-31-27(37(45(32,2)44(50)57)29-13-11-22-7-4-5-10-26(22)38(29)51)14-15-28-36(31)42(54)49(40(28)52)25-9-6-8-23(17-25)43(55)56/h4-14,16-18,20,28,31-32,36-37,51H,15,19H2,1-3H3,(H,55,56)/t28-,31+,32-,36-,37+,45+/m0/s1. The van der Waals surface area contributed by atoms with Gasteiger partial charge in [0.05, 0.1) is 39.3 Å². The van der Waals surface area contributed by atoms with E-state index in [2.05, 4.69) is 0 Å². The highest BCUT2D eigenvalue weighted by molar-refractivity contribution is 7.22. The van der Waals surface area contributed by atoms with E-state index in [1.165, 1.54) is 33.8 Å². The van der Waals surface area contributed by atoms with Crippen LogP contribution in [0, 0.1) is 36.0 Å². The Morgan fingerprint density at radius 2 is 1.69 bits per heavy atom. The summed E-state index contributed by atoms with van der Waals surface area (Å²) in [6.45, 7) is 3.77. The molecule has 0 bridgehead atoms. The molecule has 2 N–H and O–H groups in total. The lowest BCUT2D eigenvalue weighted by atomic mass is 9.51. The molecule has 2 aliphatic carbocycles. The maximum Gasteiger partial charge on any atom is 0.335 e. The number of carboxylic acid groups (broad SMARTS) is 1. The zero-order valence-electron chi connectivity index (χ0n) is 31.5. The number of amides is 4. The van der Waals surface area contributed by atoms with Crippen molar-refractivity contribution in [3.05, 3.63) is 118 Å².